The van der Waals surface area contributed by atoms with Gasteiger partial charge in [0.15, 0.2) is 0 Å². The van der Waals surface area contributed by atoms with Crippen LogP contribution in [0.25, 0.3) is 0 Å². The van der Waals surface area contributed by atoms with Gasteiger partial charge in [-0.15, -0.1) is 0 Å². The van der Waals surface area contributed by atoms with Crippen LogP contribution in [0.1, 0.15) is 24.5 Å². The van der Waals surface area contributed by atoms with Gasteiger partial charge in [-0.25, -0.2) is 0 Å². The lowest BCUT2D eigenvalue weighted by molar-refractivity contribution is -0.117. The van der Waals surface area contributed by atoms with E-state index in [4.69, 9.17) is 5.73 Å². The van der Waals surface area contributed by atoms with E-state index >= 15 is 0 Å². The summed E-state index contributed by atoms with van der Waals surface area (Å²) >= 11 is 0. The summed E-state index contributed by atoms with van der Waals surface area (Å²) < 4.78 is 0. The van der Waals surface area contributed by atoms with Crippen LogP contribution in [0.3, 0.4) is 0 Å². The molecule has 3 nitrogen and oxygen atoms in total. The second-order valence-corrected chi connectivity index (χ2v) is 3.56. The first-order valence-corrected chi connectivity index (χ1v) is 5.29. The number of aryl methyl sites for hydroxylation is 1. The fourth-order valence-corrected chi connectivity index (χ4v) is 1.34. The Kier molecular flexibility index (Phi) is 4.84. The SMILES string of the molecule is CCc1ccc(CNCCC(N)=O)cc1. The highest BCUT2D eigenvalue weighted by atomic mass is 16.1. The Morgan fingerprint density at radius 2 is 1.87 bits per heavy atom. The third-order valence-electron chi connectivity index (χ3n) is 2.31. The molecule has 15 heavy (non-hydrogen) atoms. The molecule has 0 radical (unpaired) electrons. The van der Waals surface area contributed by atoms with E-state index in [1.165, 1.54) is 11.1 Å². The summed E-state index contributed by atoms with van der Waals surface area (Å²) in [5, 5.41) is 3.17. The van der Waals surface area contributed by atoms with Crippen LogP contribution in [0.2, 0.25) is 0 Å². The van der Waals surface area contributed by atoms with Gasteiger partial charge in [-0.1, -0.05) is 31.2 Å². The lowest BCUT2D eigenvalue weighted by Crippen LogP contribution is -2.21. The molecule has 0 saturated heterocycles. The molecule has 0 atom stereocenters. The van der Waals surface area contributed by atoms with Crippen molar-refractivity contribution in [3.8, 4) is 0 Å². The lowest BCUT2D eigenvalue weighted by atomic mass is 10.1. The van der Waals surface area contributed by atoms with Crippen LogP contribution in [0, 0.1) is 0 Å². The van der Waals surface area contributed by atoms with Gasteiger partial charge in [0.05, 0.1) is 0 Å². The van der Waals surface area contributed by atoms with Crippen LogP contribution in [0.4, 0.5) is 0 Å². The molecule has 0 aliphatic carbocycles. The minimum absolute atomic E-state index is 0.260. The fourth-order valence-electron chi connectivity index (χ4n) is 1.34. The molecule has 3 N–H and O–H groups in total. The van der Waals surface area contributed by atoms with Gasteiger partial charge in [0, 0.05) is 19.5 Å². The first kappa shape index (κ1) is 11.7. The van der Waals surface area contributed by atoms with Gasteiger partial charge < -0.3 is 11.1 Å². The number of hydrogen-bond donors (Lipinski definition) is 2. The Hall–Kier alpha value is -1.35. The van der Waals surface area contributed by atoms with Crippen molar-refractivity contribution >= 4 is 5.91 Å². The summed E-state index contributed by atoms with van der Waals surface area (Å²) in [6.07, 6.45) is 1.46. The number of nitrogens with one attached hydrogen (secondary N) is 1. The zero-order valence-corrected chi connectivity index (χ0v) is 9.12. The molecule has 0 fully saturated rings. The van der Waals surface area contributed by atoms with E-state index in [1.54, 1.807) is 0 Å². The highest BCUT2D eigenvalue weighted by Crippen LogP contribution is 2.04. The summed E-state index contributed by atoms with van der Waals surface area (Å²) in [6, 6.07) is 8.47. The van der Waals surface area contributed by atoms with E-state index < -0.39 is 0 Å². The quantitative estimate of drug-likeness (QED) is 0.687. The average Bonchev–Trinajstić information content (AvgIpc) is 2.25. The van der Waals surface area contributed by atoms with E-state index in [1.807, 2.05) is 0 Å². The second-order valence-electron chi connectivity index (χ2n) is 3.56. The predicted octanol–water partition coefficient (Wildman–Crippen LogP) is 1.21. The predicted molar refractivity (Wildman–Crippen MR) is 61.3 cm³/mol. The monoisotopic (exact) mass is 206 g/mol. The molecule has 0 aromatic heterocycles. The van der Waals surface area contributed by atoms with Crippen LogP contribution in [-0.2, 0) is 17.8 Å². The van der Waals surface area contributed by atoms with Gasteiger partial charge in [-0.05, 0) is 17.5 Å². The Morgan fingerprint density at radius 1 is 1.27 bits per heavy atom. The molecule has 1 amide bonds. The number of nitrogens with two attached hydrogens (primary N) is 1. The summed E-state index contributed by atoms with van der Waals surface area (Å²) in [4.78, 5) is 10.5. The van der Waals surface area contributed by atoms with Gasteiger partial charge in [-0.3, -0.25) is 4.79 Å². The van der Waals surface area contributed by atoms with Crippen LogP contribution in [-0.4, -0.2) is 12.5 Å². The van der Waals surface area contributed by atoms with E-state index in [-0.39, 0.29) is 5.91 Å². The highest BCUT2D eigenvalue weighted by Gasteiger charge is 1.95. The summed E-state index contributed by atoms with van der Waals surface area (Å²) in [5.74, 6) is -0.260. The number of hydrogen-bond acceptors (Lipinski definition) is 2. The largest absolute Gasteiger partial charge is 0.370 e. The molecule has 0 aliphatic heterocycles. The highest BCUT2D eigenvalue weighted by molar-refractivity contribution is 5.73. The number of carbonyl (C=O) groups is 1. The van der Waals surface area contributed by atoms with Crippen molar-refractivity contribution in [3.63, 3.8) is 0 Å². The first-order chi connectivity index (χ1) is 7.22. The Bertz CT molecular complexity index is 306. The molecule has 82 valence electrons. The summed E-state index contributed by atoms with van der Waals surface area (Å²) in [6.45, 7) is 3.57. The maximum atomic E-state index is 10.5. The lowest BCUT2D eigenvalue weighted by Gasteiger charge is -2.04. The Balaban J connectivity index is 2.28. The maximum absolute atomic E-state index is 10.5. The molecule has 1 aromatic rings. The number of amides is 1. The molecular weight excluding hydrogens is 188 g/mol. The van der Waals surface area contributed by atoms with E-state index in [2.05, 4.69) is 36.5 Å². The van der Waals surface area contributed by atoms with E-state index in [9.17, 15) is 4.79 Å². The smallest absolute Gasteiger partial charge is 0.218 e. The zero-order chi connectivity index (χ0) is 11.1. The minimum atomic E-state index is -0.260. The van der Waals surface area contributed by atoms with Crippen molar-refractivity contribution in [3.05, 3.63) is 35.4 Å². The van der Waals surface area contributed by atoms with Gasteiger partial charge in [-0.2, -0.15) is 0 Å². The number of rotatable bonds is 6. The third-order valence-corrected chi connectivity index (χ3v) is 2.31. The third kappa shape index (κ3) is 4.61. The van der Waals surface area contributed by atoms with E-state index in [0.717, 1.165) is 13.0 Å². The molecular formula is C12H18N2O. The Labute approximate surface area is 90.7 Å². The van der Waals surface area contributed by atoms with Crippen molar-refractivity contribution in [2.24, 2.45) is 5.73 Å². The fraction of sp³-hybridized carbons (Fsp3) is 0.417. The number of benzene rings is 1. The van der Waals surface area contributed by atoms with Crippen LogP contribution < -0.4 is 11.1 Å². The van der Waals surface area contributed by atoms with Crippen molar-refractivity contribution < 1.29 is 4.79 Å². The normalized spacial score (nSPS) is 10.2. The molecule has 1 aromatic carbocycles. The molecule has 1 rings (SSSR count). The Morgan fingerprint density at radius 3 is 2.40 bits per heavy atom. The standard InChI is InChI=1S/C12H18N2O/c1-2-10-3-5-11(6-4-10)9-14-8-7-12(13)15/h3-6,14H,2,7-9H2,1H3,(H2,13,15). The average molecular weight is 206 g/mol. The van der Waals surface area contributed by atoms with Crippen LogP contribution in [0.5, 0.6) is 0 Å². The molecule has 0 unspecified atom stereocenters. The topological polar surface area (TPSA) is 55.1 Å². The molecule has 0 saturated carbocycles. The summed E-state index contributed by atoms with van der Waals surface area (Å²) in [7, 11) is 0. The van der Waals surface area contributed by atoms with Crippen molar-refractivity contribution in [2.45, 2.75) is 26.3 Å². The van der Waals surface area contributed by atoms with Gasteiger partial charge in [0.25, 0.3) is 0 Å². The van der Waals surface area contributed by atoms with Crippen LogP contribution in [0.15, 0.2) is 24.3 Å². The van der Waals surface area contributed by atoms with Gasteiger partial charge in [0.2, 0.25) is 5.91 Å². The second kappa shape index (κ2) is 6.19. The first-order valence-electron chi connectivity index (χ1n) is 5.29. The summed E-state index contributed by atoms with van der Waals surface area (Å²) in [5.41, 5.74) is 7.61. The molecule has 3 heteroatoms. The molecule has 0 spiro atoms. The molecule has 0 heterocycles. The number of carbonyl (C=O) groups excluding carboxylic acids is 1. The molecule has 0 aliphatic rings. The van der Waals surface area contributed by atoms with Gasteiger partial charge >= 0.3 is 0 Å². The minimum Gasteiger partial charge on any atom is -0.370 e. The van der Waals surface area contributed by atoms with Crippen molar-refractivity contribution in [1.29, 1.82) is 0 Å². The zero-order valence-electron chi connectivity index (χ0n) is 9.12. The van der Waals surface area contributed by atoms with E-state index in [0.29, 0.717) is 13.0 Å². The van der Waals surface area contributed by atoms with Gasteiger partial charge in [0.1, 0.15) is 0 Å². The van der Waals surface area contributed by atoms with Crippen LogP contribution >= 0.6 is 0 Å². The maximum Gasteiger partial charge on any atom is 0.218 e. The number of primary amides is 1. The van der Waals surface area contributed by atoms with Crippen molar-refractivity contribution in [2.75, 3.05) is 6.54 Å². The van der Waals surface area contributed by atoms with Crippen molar-refractivity contribution in [1.82, 2.24) is 5.32 Å². The molecule has 0 bridgehead atoms.